The van der Waals surface area contributed by atoms with Crippen LogP contribution in [0.4, 0.5) is 11.4 Å². The second-order valence-electron chi connectivity index (χ2n) is 12.4. The van der Waals surface area contributed by atoms with Gasteiger partial charge >= 0.3 is 0 Å². The van der Waals surface area contributed by atoms with Crippen molar-refractivity contribution in [2.45, 2.75) is 38.9 Å². The number of amides is 2. The van der Waals surface area contributed by atoms with Crippen molar-refractivity contribution in [3.8, 4) is 16.9 Å². The quantitative estimate of drug-likeness (QED) is 0.288. The van der Waals surface area contributed by atoms with E-state index < -0.39 is 0 Å². The Morgan fingerprint density at radius 1 is 1.09 bits per heavy atom. The second-order valence-corrected chi connectivity index (χ2v) is 12.8. The number of likely N-dealkylation sites (N-methyl/N-ethyl adjacent to an activating group) is 1. The molecule has 0 radical (unpaired) electrons. The van der Waals surface area contributed by atoms with Crippen LogP contribution < -0.4 is 20.3 Å². The molecule has 1 saturated heterocycles. The lowest BCUT2D eigenvalue weighted by molar-refractivity contribution is -0.00586. The van der Waals surface area contributed by atoms with Crippen LogP contribution in [0.25, 0.3) is 11.1 Å². The predicted octanol–water partition coefficient (Wildman–Crippen LogP) is 4.38. The summed E-state index contributed by atoms with van der Waals surface area (Å²) < 4.78 is 12.9. The molecule has 4 aromatic rings. The van der Waals surface area contributed by atoms with Gasteiger partial charge < -0.3 is 34.5 Å². The van der Waals surface area contributed by atoms with Crippen LogP contribution in [-0.4, -0.2) is 77.8 Å². The number of hydrogen-bond acceptors (Lipinski definition) is 8. The Hall–Kier alpha value is -4.29. The summed E-state index contributed by atoms with van der Waals surface area (Å²) in [7, 11) is 5.55. The molecule has 0 saturated carbocycles. The van der Waals surface area contributed by atoms with Crippen LogP contribution in [0.5, 0.6) is 5.75 Å². The summed E-state index contributed by atoms with van der Waals surface area (Å²) >= 11 is 6.99. The Bertz CT molecular complexity index is 1890. The van der Waals surface area contributed by atoms with E-state index in [2.05, 4.69) is 32.5 Å². The first kappa shape index (κ1) is 31.3. The largest absolute Gasteiger partial charge is 0.496 e. The van der Waals surface area contributed by atoms with Crippen LogP contribution in [0.1, 0.15) is 49.2 Å². The molecule has 3 aliphatic heterocycles. The molecule has 11 nitrogen and oxygen atoms in total. The number of aromatic nitrogens is 3. The van der Waals surface area contributed by atoms with Gasteiger partial charge in [-0.2, -0.15) is 0 Å². The van der Waals surface area contributed by atoms with Gasteiger partial charge in [0.2, 0.25) is 0 Å². The zero-order valence-electron chi connectivity index (χ0n) is 27.0. The number of hydrogen-bond donors (Lipinski definition) is 2. The van der Waals surface area contributed by atoms with Gasteiger partial charge in [0.1, 0.15) is 11.4 Å². The number of rotatable bonds is 8. The topological polar surface area (TPSA) is 114 Å². The number of nitrogens with one attached hydrogen (secondary N) is 2. The molecule has 5 heterocycles. The van der Waals surface area contributed by atoms with Gasteiger partial charge in [0.05, 0.1) is 42.8 Å². The number of pyridine rings is 1. The van der Waals surface area contributed by atoms with Crippen molar-refractivity contribution in [1.29, 1.82) is 0 Å². The van der Waals surface area contributed by atoms with Gasteiger partial charge in [0.25, 0.3) is 11.8 Å². The van der Waals surface area contributed by atoms with Gasteiger partial charge in [-0.3, -0.25) is 14.6 Å². The molecule has 2 aromatic carbocycles. The Kier molecular flexibility index (Phi) is 8.48. The third-order valence-corrected chi connectivity index (χ3v) is 9.83. The van der Waals surface area contributed by atoms with E-state index in [1.54, 1.807) is 24.3 Å². The van der Waals surface area contributed by atoms with Crippen molar-refractivity contribution in [2.24, 2.45) is 7.05 Å². The van der Waals surface area contributed by atoms with Crippen LogP contribution in [-0.2, 0) is 37.7 Å². The van der Waals surface area contributed by atoms with Gasteiger partial charge in [-0.1, -0.05) is 35.9 Å². The number of imidazole rings is 1. The van der Waals surface area contributed by atoms with Crippen molar-refractivity contribution in [1.82, 2.24) is 24.8 Å². The Morgan fingerprint density at radius 3 is 2.64 bits per heavy atom. The van der Waals surface area contributed by atoms with Crippen molar-refractivity contribution in [3.63, 3.8) is 0 Å². The highest BCUT2D eigenvalue weighted by Crippen LogP contribution is 2.42. The van der Waals surface area contributed by atoms with Crippen LogP contribution in [0.2, 0.25) is 5.02 Å². The van der Waals surface area contributed by atoms with Crippen LogP contribution in [0, 0.1) is 6.92 Å². The van der Waals surface area contributed by atoms with Crippen molar-refractivity contribution in [3.05, 3.63) is 87.2 Å². The molecule has 0 spiro atoms. The zero-order valence-corrected chi connectivity index (χ0v) is 27.8. The molecule has 0 atom stereocenters. The zero-order chi connectivity index (χ0) is 32.8. The summed E-state index contributed by atoms with van der Waals surface area (Å²) in [4.78, 5) is 40.6. The molecule has 2 amide bonds. The van der Waals surface area contributed by atoms with E-state index in [1.807, 2.05) is 48.9 Å². The molecular formula is C35H38ClN7O4. The van der Waals surface area contributed by atoms with Gasteiger partial charge in [-0.05, 0) is 43.7 Å². The van der Waals surface area contributed by atoms with E-state index in [-0.39, 0.29) is 11.8 Å². The summed E-state index contributed by atoms with van der Waals surface area (Å²) in [5.41, 5.74) is 8.01. The fraction of sp³-hybridized carbons (Fsp3) is 0.371. The molecule has 7 rings (SSSR count). The highest BCUT2D eigenvalue weighted by molar-refractivity contribution is 6.36. The summed E-state index contributed by atoms with van der Waals surface area (Å²) in [6.45, 7) is 5.99. The molecule has 2 aromatic heterocycles. The maximum atomic E-state index is 14.0. The number of nitrogens with zero attached hydrogens (tertiary/aromatic N) is 5. The average Bonchev–Trinajstić information content (AvgIpc) is 3.62. The number of halogens is 1. The molecular weight excluding hydrogens is 618 g/mol. The molecule has 0 bridgehead atoms. The third-order valence-electron chi connectivity index (χ3n) is 9.42. The number of carbonyl (C=O) groups excluding carboxylic acids is 2. The second kappa shape index (κ2) is 12.7. The fourth-order valence-corrected chi connectivity index (χ4v) is 7.06. The van der Waals surface area contributed by atoms with Gasteiger partial charge in [-0.15, -0.1) is 0 Å². The number of carbonyl (C=O) groups is 2. The molecule has 47 heavy (non-hydrogen) atoms. The fourth-order valence-electron chi connectivity index (χ4n) is 6.78. The molecule has 3 aliphatic rings. The van der Waals surface area contributed by atoms with Crippen LogP contribution in [0.3, 0.4) is 0 Å². The number of methoxy groups -OCH3 is 1. The van der Waals surface area contributed by atoms with Crippen molar-refractivity contribution >= 4 is 34.8 Å². The van der Waals surface area contributed by atoms with Crippen molar-refractivity contribution < 1.29 is 19.1 Å². The van der Waals surface area contributed by atoms with Crippen LogP contribution in [0.15, 0.2) is 42.6 Å². The molecule has 12 heteroatoms. The normalized spacial score (nSPS) is 16.1. The summed E-state index contributed by atoms with van der Waals surface area (Å²) in [5, 5.41) is 6.86. The minimum atomic E-state index is -0.309. The molecule has 0 aliphatic carbocycles. The van der Waals surface area contributed by atoms with E-state index in [1.165, 1.54) is 0 Å². The molecule has 0 unspecified atom stereocenters. The van der Waals surface area contributed by atoms with E-state index in [0.717, 1.165) is 52.3 Å². The molecule has 244 valence electrons. The summed E-state index contributed by atoms with van der Waals surface area (Å²) in [6, 6.07) is 11.8. The number of fused-ring (bicyclic) bond motifs is 2. The van der Waals surface area contributed by atoms with Gasteiger partial charge in [0.15, 0.2) is 5.82 Å². The molecule has 2 N–H and O–H groups in total. The third kappa shape index (κ3) is 5.67. The number of benzene rings is 2. The van der Waals surface area contributed by atoms with Gasteiger partial charge in [-0.25, -0.2) is 4.98 Å². The first-order chi connectivity index (χ1) is 22.7. The SMILES string of the molecule is COc1c(CNC2COC2)cnc(C(=O)N2CCc3c(-c4cccc(NC(=O)c5nc6c(n5C)CCN(C)C6)c4Cl)cccc32)c1C. The standard InChI is InChI=1S/C35H38ClN7O4/c1-20-31(38-16-21(32(20)46-4)15-37-22-18-47-19-22)35(45)43-14-11-24-23(7-6-10-28(24)43)25-8-5-9-26(30(25)36)40-34(44)33-39-27-17-41(2)13-12-29(27)42(33)3/h5-10,16,22,37H,11-15,17-19H2,1-4H3,(H,40,44). The predicted molar refractivity (Wildman–Crippen MR) is 180 cm³/mol. The average molecular weight is 656 g/mol. The van der Waals surface area contributed by atoms with Gasteiger partial charge in [0, 0.05) is 73.9 Å². The first-order valence-corrected chi connectivity index (χ1v) is 16.2. The number of anilines is 2. The van der Waals surface area contributed by atoms with Crippen LogP contribution >= 0.6 is 11.6 Å². The Balaban J connectivity index is 1.14. The minimum absolute atomic E-state index is 0.181. The first-order valence-electron chi connectivity index (χ1n) is 15.9. The maximum absolute atomic E-state index is 14.0. The van der Waals surface area contributed by atoms with E-state index >= 15 is 0 Å². The molecule has 1 fully saturated rings. The van der Waals surface area contributed by atoms with Crippen molar-refractivity contribution in [2.75, 3.05) is 50.7 Å². The van der Waals surface area contributed by atoms with E-state index in [9.17, 15) is 9.59 Å². The van der Waals surface area contributed by atoms with E-state index in [0.29, 0.717) is 78.9 Å². The maximum Gasteiger partial charge on any atom is 0.291 e. The number of ether oxygens (including phenoxy) is 2. The lowest BCUT2D eigenvalue weighted by atomic mass is 9.97. The lowest BCUT2D eigenvalue weighted by Crippen LogP contribution is -2.45. The Labute approximate surface area is 278 Å². The monoisotopic (exact) mass is 655 g/mol. The smallest absolute Gasteiger partial charge is 0.291 e. The minimum Gasteiger partial charge on any atom is -0.496 e. The van der Waals surface area contributed by atoms with E-state index in [4.69, 9.17) is 21.1 Å². The summed E-state index contributed by atoms with van der Waals surface area (Å²) in [5.74, 6) is 0.530. The lowest BCUT2D eigenvalue weighted by Gasteiger charge is -2.27. The highest BCUT2D eigenvalue weighted by atomic mass is 35.5. The highest BCUT2D eigenvalue weighted by Gasteiger charge is 2.31. The Morgan fingerprint density at radius 2 is 1.87 bits per heavy atom. The summed E-state index contributed by atoms with van der Waals surface area (Å²) in [6.07, 6.45) is 3.22.